The number of hydrogen-bond acceptors (Lipinski definition) is 2. The van der Waals surface area contributed by atoms with E-state index in [0.29, 0.717) is 11.3 Å². The highest BCUT2D eigenvalue weighted by Gasteiger charge is 2.03. The number of para-hydroxylation sites is 1. The van der Waals surface area contributed by atoms with Crippen molar-refractivity contribution in [2.45, 2.75) is 6.61 Å². The minimum absolute atomic E-state index is 0.157. The van der Waals surface area contributed by atoms with Crippen LogP contribution < -0.4 is 4.74 Å². The van der Waals surface area contributed by atoms with Crippen LogP contribution in [0.2, 0.25) is 0 Å². The van der Waals surface area contributed by atoms with Crippen LogP contribution in [0.4, 0.5) is 4.39 Å². The Morgan fingerprint density at radius 2 is 1.84 bits per heavy atom. The van der Waals surface area contributed by atoms with Gasteiger partial charge in [-0.2, -0.15) is 5.26 Å². The normalized spacial score (nSPS) is 10.3. The van der Waals surface area contributed by atoms with Gasteiger partial charge >= 0.3 is 0 Å². The summed E-state index contributed by atoms with van der Waals surface area (Å²) in [7, 11) is 0. The predicted molar refractivity (Wildman–Crippen MR) is 71.8 cm³/mol. The quantitative estimate of drug-likeness (QED) is 0.773. The van der Waals surface area contributed by atoms with E-state index in [0.717, 1.165) is 5.56 Å². The van der Waals surface area contributed by atoms with Gasteiger partial charge in [-0.15, -0.1) is 0 Å². The molecule has 0 fully saturated rings. The van der Waals surface area contributed by atoms with Crippen LogP contribution in [0.15, 0.2) is 54.6 Å². The minimum Gasteiger partial charge on any atom is -0.488 e. The molecular formula is C16H12FNO. The molecule has 0 amide bonds. The van der Waals surface area contributed by atoms with Crippen molar-refractivity contribution in [2.75, 3.05) is 0 Å². The highest BCUT2D eigenvalue weighted by Crippen LogP contribution is 2.21. The third-order valence-electron chi connectivity index (χ3n) is 2.60. The fourth-order valence-electron chi connectivity index (χ4n) is 1.65. The highest BCUT2D eigenvalue weighted by molar-refractivity contribution is 5.58. The van der Waals surface area contributed by atoms with E-state index in [9.17, 15) is 4.39 Å². The van der Waals surface area contributed by atoms with Gasteiger partial charge in [-0.1, -0.05) is 36.4 Å². The van der Waals surface area contributed by atoms with Gasteiger partial charge in [0, 0.05) is 17.2 Å². The molecule has 2 nitrogen and oxygen atoms in total. The number of nitrogens with zero attached hydrogens (tertiary/aromatic N) is 1. The molecule has 0 saturated carbocycles. The first-order chi connectivity index (χ1) is 9.31. The van der Waals surface area contributed by atoms with Crippen LogP contribution in [-0.4, -0.2) is 0 Å². The molecular weight excluding hydrogens is 241 g/mol. The summed E-state index contributed by atoms with van der Waals surface area (Å²) < 4.78 is 19.1. The van der Waals surface area contributed by atoms with Gasteiger partial charge in [-0.25, -0.2) is 4.39 Å². The molecule has 0 radical (unpaired) electrons. The lowest BCUT2D eigenvalue weighted by atomic mass is 10.2. The summed E-state index contributed by atoms with van der Waals surface area (Å²) in [6, 6.07) is 15.7. The zero-order valence-electron chi connectivity index (χ0n) is 10.2. The molecule has 2 rings (SSSR count). The van der Waals surface area contributed by atoms with E-state index < -0.39 is 0 Å². The molecule has 0 saturated heterocycles. The van der Waals surface area contributed by atoms with Gasteiger partial charge in [0.1, 0.15) is 18.2 Å². The van der Waals surface area contributed by atoms with Crippen molar-refractivity contribution in [1.29, 1.82) is 5.26 Å². The van der Waals surface area contributed by atoms with E-state index in [1.807, 2.05) is 24.3 Å². The summed E-state index contributed by atoms with van der Waals surface area (Å²) in [6.45, 7) is 0.157. The topological polar surface area (TPSA) is 33.0 Å². The molecule has 0 unspecified atom stereocenters. The standard InChI is InChI=1S/C16H12FNO/c17-15-9-3-1-7-14(15)12-19-16-10-4-2-6-13(16)8-5-11-18/h1-10H,12H2/b8-5+. The van der Waals surface area contributed by atoms with E-state index in [1.54, 1.807) is 30.3 Å². The van der Waals surface area contributed by atoms with Gasteiger partial charge in [0.05, 0.1) is 6.07 Å². The first-order valence-electron chi connectivity index (χ1n) is 5.82. The van der Waals surface area contributed by atoms with Crippen molar-refractivity contribution in [2.24, 2.45) is 0 Å². The van der Waals surface area contributed by atoms with E-state index in [4.69, 9.17) is 10.00 Å². The second kappa shape index (κ2) is 6.36. The molecule has 0 spiro atoms. The van der Waals surface area contributed by atoms with E-state index in [-0.39, 0.29) is 12.4 Å². The minimum atomic E-state index is -0.285. The van der Waals surface area contributed by atoms with Crippen molar-refractivity contribution >= 4 is 6.08 Å². The van der Waals surface area contributed by atoms with Crippen molar-refractivity contribution in [3.05, 3.63) is 71.6 Å². The van der Waals surface area contributed by atoms with Crippen LogP contribution in [0.25, 0.3) is 6.08 Å². The number of hydrogen-bond donors (Lipinski definition) is 0. The van der Waals surface area contributed by atoms with E-state index in [2.05, 4.69) is 0 Å². The molecule has 0 bridgehead atoms. The van der Waals surface area contributed by atoms with Crippen molar-refractivity contribution < 1.29 is 9.13 Å². The predicted octanol–water partition coefficient (Wildman–Crippen LogP) is 3.94. The third-order valence-corrected chi connectivity index (χ3v) is 2.60. The Morgan fingerprint density at radius 1 is 1.11 bits per heavy atom. The van der Waals surface area contributed by atoms with Crippen LogP contribution in [0.3, 0.4) is 0 Å². The molecule has 0 atom stereocenters. The van der Waals surface area contributed by atoms with Gasteiger partial charge in [-0.3, -0.25) is 0 Å². The zero-order chi connectivity index (χ0) is 13.5. The Hall–Kier alpha value is -2.60. The molecule has 0 aliphatic carbocycles. The summed E-state index contributed by atoms with van der Waals surface area (Å²) in [5.41, 5.74) is 1.29. The number of nitriles is 1. The van der Waals surface area contributed by atoms with Gasteiger partial charge in [0.2, 0.25) is 0 Å². The number of rotatable bonds is 4. The van der Waals surface area contributed by atoms with Crippen LogP contribution >= 0.6 is 0 Å². The maximum Gasteiger partial charge on any atom is 0.129 e. The maximum atomic E-state index is 13.5. The van der Waals surface area contributed by atoms with Gasteiger partial charge in [0.15, 0.2) is 0 Å². The molecule has 0 aliphatic rings. The average molecular weight is 253 g/mol. The Morgan fingerprint density at radius 3 is 2.63 bits per heavy atom. The van der Waals surface area contributed by atoms with Gasteiger partial charge < -0.3 is 4.74 Å². The first-order valence-corrected chi connectivity index (χ1v) is 5.82. The van der Waals surface area contributed by atoms with Crippen LogP contribution in [-0.2, 0) is 6.61 Å². The lowest BCUT2D eigenvalue weighted by Gasteiger charge is -2.09. The Bertz CT molecular complexity index is 629. The monoisotopic (exact) mass is 253 g/mol. The summed E-state index contributed by atoms with van der Waals surface area (Å²) in [5.74, 6) is 0.338. The fraction of sp³-hybridized carbons (Fsp3) is 0.0625. The molecule has 2 aromatic rings. The van der Waals surface area contributed by atoms with Crippen molar-refractivity contribution in [3.63, 3.8) is 0 Å². The van der Waals surface area contributed by atoms with Crippen LogP contribution in [0.1, 0.15) is 11.1 Å². The zero-order valence-corrected chi connectivity index (χ0v) is 10.2. The number of allylic oxidation sites excluding steroid dienone is 1. The number of benzene rings is 2. The number of ether oxygens (including phenoxy) is 1. The molecule has 0 heterocycles. The third kappa shape index (κ3) is 3.43. The van der Waals surface area contributed by atoms with Crippen LogP contribution in [0.5, 0.6) is 5.75 Å². The summed E-state index contributed by atoms with van der Waals surface area (Å²) in [4.78, 5) is 0. The fourth-order valence-corrected chi connectivity index (χ4v) is 1.65. The maximum absolute atomic E-state index is 13.5. The Balaban J connectivity index is 2.14. The Kier molecular flexibility index (Phi) is 4.30. The lowest BCUT2D eigenvalue weighted by molar-refractivity contribution is 0.299. The summed E-state index contributed by atoms with van der Waals surface area (Å²) >= 11 is 0. The summed E-state index contributed by atoms with van der Waals surface area (Å²) in [5, 5.41) is 8.54. The Labute approximate surface area is 111 Å². The van der Waals surface area contributed by atoms with E-state index >= 15 is 0 Å². The first kappa shape index (κ1) is 12.8. The average Bonchev–Trinajstić information content (AvgIpc) is 2.45. The second-order valence-corrected chi connectivity index (χ2v) is 3.88. The molecule has 2 aromatic carbocycles. The molecule has 0 N–H and O–H groups in total. The van der Waals surface area contributed by atoms with Crippen LogP contribution in [0, 0.1) is 17.1 Å². The molecule has 0 aromatic heterocycles. The molecule has 3 heteroatoms. The lowest BCUT2D eigenvalue weighted by Crippen LogP contribution is -1.99. The highest BCUT2D eigenvalue weighted by atomic mass is 19.1. The smallest absolute Gasteiger partial charge is 0.129 e. The van der Waals surface area contributed by atoms with Gasteiger partial charge in [0.25, 0.3) is 0 Å². The van der Waals surface area contributed by atoms with Crippen molar-refractivity contribution in [3.8, 4) is 11.8 Å². The SMILES string of the molecule is N#C/C=C/c1ccccc1OCc1ccccc1F. The second-order valence-electron chi connectivity index (χ2n) is 3.88. The largest absolute Gasteiger partial charge is 0.488 e. The van der Waals surface area contributed by atoms with E-state index in [1.165, 1.54) is 12.1 Å². The molecule has 19 heavy (non-hydrogen) atoms. The molecule has 0 aliphatic heterocycles. The number of halogens is 1. The summed E-state index contributed by atoms with van der Waals surface area (Å²) in [6.07, 6.45) is 3.04. The van der Waals surface area contributed by atoms with Gasteiger partial charge in [-0.05, 0) is 18.2 Å². The molecule has 94 valence electrons. The van der Waals surface area contributed by atoms with Crippen molar-refractivity contribution in [1.82, 2.24) is 0 Å².